The highest BCUT2D eigenvalue weighted by Crippen LogP contribution is 2.25. The number of aromatic nitrogens is 2. The van der Waals surface area contributed by atoms with Crippen LogP contribution in [0.5, 0.6) is 0 Å². The van der Waals surface area contributed by atoms with Crippen molar-refractivity contribution in [3.05, 3.63) is 73.6 Å². The average Bonchev–Trinajstić information content (AvgIpc) is 2.95. The van der Waals surface area contributed by atoms with Gasteiger partial charge in [0.25, 0.3) is 5.56 Å². The summed E-state index contributed by atoms with van der Waals surface area (Å²) < 4.78 is 2.27. The van der Waals surface area contributed by atoms with Gasteiger partial charge in [0.15, 0.2) is 0 Å². The van der Waals surface area contributed by atoms with Gasteiger partial charge in [-0.05, 0) is 37.1 Å². The summed E-state index contributed by atoms with van der Waals surface area (Å²) in [5.74, 6) is 0.140. The summed E-state index contributed by atoms with van der Waals surface area (Å²) in [6, 6.07) is 13.4. The van der Waals surface area contributed by atoms with Crippen molar-refractivity contribution in [1.29, 1.82) is 0 Å². The Morgan fingerprint density at radius 2 is 1.76 bits per heavy atom. The predicted molar refractivity (Wildman–Crippen MR) is 104 cm³/mol. The molecule has 0 unspecified atom stereocenters. The van der Waals surface area contributed by atoms with Crippen LogP contribution < -0.4 is 11.0 Å². The van der Waals surface area contributed by atoms with E-state index in [2.05, 4.69) is 4.98 Å². The summed E-state index contributed by atoms with van der Waals surface area (Å²) in [5.41, 5.74) is 2.61. The highest BCUT2D eigenvalue weighted by atomic mass is 32.1. The molecule has 0 atom stereocenters. The Morgan fingerprint density at radius 1 is 1.04 bits per heavy atom. The van der Waals surface area contributed by atoms with Crippen LogP contribution in [0.25, 0.3) is 26.8 Å². The second kappa shape index (κ2) is 5.70. The molecule has 5 heteroatoms. The first-order chi connectivity index (χ1) is 12.0. The normalized spacial score (nSPS) is 11.7. The zero-order valence-corrected chi connectivity index (χ0v) is 15.1. The Bertz CT molecular complexity index is 1210. The molecule has 3 heterocycles. The van der Waals surface area contributed by atoms with Crippen LogP contribution in [0, 0.1) is 6.92 Å². The fraction of sp³-hybridized carbons (Fsp3) is 0.200. The number of hydrogen-bond donors (Lipinski definition) is 1. The highest BCUT2D eigenvalue weighted by molar-refractivity contribution is 7.18. The van der Waals surface area contributed by atoms with Crippen molar-refractivity contribution in [1.82, 2.24) is 9.55 Å². The van der Waals surface area contributed by atoms with E-state index < -0.39 is 0 Å². The molecule has 4 nitrogen and oxygen atoms in total. The van der Waals surface area contributed by atoms with Crippen LogP contribution in [-0.4, -0.2) is 9.55 Å². The molecular formula is C20H18N2O2S. The Morgan fingerprint density at radius 3 is 2.44 bits per heavy atom. The van der Waals surface area contributed by atoms with Crippen molar-refractivity contribution < 1.29 is 0 Å². The Kier molecular flexibility index (Phi) is 3.62. The number of fused-ring (bicyclic) bond motifs is 2. The number of thiophene rings is 1. The van der Waals surface area contributed by atoms with Crippen LogP contribution in [0.1, 0.15) is 30.3 Å². The maximum atomic E-state index is 13.3. The van der Waals surface area contributed by atoms with Gasteiger partial charge in [0.2, 0.25) is 5.43 Å². The summed E-state index contributed by atoms with van der Waals surface area (Å²) in [6.07, 6.45) is 0. The summed E-state index contributed by atoms with van der Waals surface area (Å²) in [6.45, 7) is 6.06. The number of nitrogens with zero attached hydrogens (tertiary/aromatic N) is 1. The first-order valence-corrected chi connectivity index (χ1v) is 9.06. The lowest BCUT2D eigenvalue weighted by molar-refractivity contribution is 0.764. The molecule has 4 rings (SSSR count). The fourth-order valence-electron chi connectivity index (χ4n) is 3.25. The molecule has 0 bridgehead atoms. The van der Waals surface area contributed by atoms with E-state index in [1.807, 2.05) is 63.2 Å². The van der Waals surface area contributed by atoms with Crippen LogP contribution in [0.4, 0.5) is 0 Å². The van der Waals surface area contributed by atoms with Crippen LogP contribution in [0.15, 0.2) is 52.1 Å². The zero-order valence-electron chi connectivity index (χ0n) is 14.3. The molecule has 25 heavy (non-hydrogen) atoms. The summed E-state index contributed by atoms with van der Waals surface area (Å²) in [4.78, 5) is 30.6. The molecule has 1 aromatic carbocycles. The third kappa shape index (κ3) is 2.43. The van der Waals surface area contributed by atoms with E-state index >= 15 is 0 Å². The van der Waals surface area contributed by atoms with Gasteiger partial charge in [-0.2, -0.15) is 0 Å². The number of aromatic amines is 1. The van der Waals surface area contributed by atoms with Crippen molar-refractivity contribution in [3.63, 3.8) is 0 Å². The Labute approximate surface area is 148 Å². The van der Waals surface area contributed by atoms with Crippen LogP contribution >= 0.6 is 11.3 Å². The number of benzene rings is 1. The second-order valence-electron chi connectivity index (χ2n) is 6.54. The Balaban J connectivity index is 2.22. The van der Waals surface area contributed by atoms with Gasteiger partial charge in [0, 0.05) is 16.3 Å². The van der Waals surface area contributed by atoms with E-state index in [1.54, 1.807) is 4.57 Å². The molecule has 0 amide bonds. The third-order valence-electron chi connectivity index (χ3n) is 4.40. The molecule has 1 N–H and O–H groups in total. The highest BCUT2D eigenvalue weighted by Gasteiger charge is 2.18. The molecule has 0 saturated heterocycles. The quantitative estimate of drug-likeness (QED) is 0.585. The van der Waals surface area contributed by atoms with Crippen molar-refractivity contribution in [2.75, 3.05) is 0 Å². The average molecular weight is 350 g/mol. The molecule has 0 radical (unpaired) electrons. The number of nitrogens with one attached hydrogen (secondary N) is 1. The minimum absolute atomic E-state index is 0.140. The predicted octanol–water partition coefficient (Wildman–Crippen LogP) is 4.33. The van der Waals surface area contributed by atoms with Crippen LogP contribution in [0.2, 0.25) is 0 Å². The molecule has 0 aliphatic rings. The van der Waals surface area contributed by atoms with Crippen molar-refractivity contribution in [2.45, 2.75) is 26.7 Å². The Hall–Kier alpha value is -2.66. The lowest BCUT2D eigenvalue weighted by Crippen LogP contribution is -2.27. The van der Waals surface area contributed by atoms with Crippen LogP contribution in [0.3, 0.4) is 0 Å². The molecule has 3 aromatic heterocycles. The van der Waals surface area contributed by atoms with Gasteiger partial charge in [0.1, 0.15) is 5.39 Å². The molecule has 0 spiro atoms. The number of rotatable bonds is 2. The molecule has 0 aliphatic heterocycles. The van der Waals surface area contributed by atoms with E-state index in [0.29, 0.717) is 10.2 Å². The smallest absolute Gasteiger partial charge is 0.268 e. The number of H-pyrrole nitrogens is 1. The van der Waals surface area contributed by atoms with Gasteiger partial charge >= 0.3 is 0 Å². The summed E-state index contributed by atoms with van der Waals surface area (Å²) in [7, 11) is 0. The second-order valence-corrected chi connectivity index (χ2v) is 7.80. The standard InChI is InChI=1S/C20H18N2O2S/c1-11(2)16-10-14-17(18(23)19-15(21-14)9-12(3)25-19)20(24)22(16)13-7-5-4-6-8-13/h4-11H,1-3H3,(H,21,23). The number of hydrogen-bond acceptors (Lipinski definition) is 3. The maximum Gasteiger partial charge on any atom is 0.268 e. The van der Waals surface area contributed by atoms with Gasteiger partial charge in [-0.3, -0.25) is 14.2 Å². The minimum atomic E-state index is -0.262. The van der Waals surface area contributed by atoms with Gasteiger partial charge in [0.05, 0.1) is 15.7 Å². The molecule has 0 aliphatic carbocycles. The number of para-hydroxylation sites is 1. The lowest BCUT2D eigenvalue weighted by Gasteiger charge is -2.17. The minimum Gasteiger partial charge on any atom is -0.353 e. The molecule has 4 aromatic rings. The molecule has 126 valence electrons. The third-order valence-corrected chi connectivity index (χ3v) is 5.45. The number of pyridine rings is 2. The van der Waals surface area contributed by atoms with Crippen LogP contribution in [-0.2, 0) is 0 Å². The topological polar surface area (TPSA) is 54.9 Å². The van der Waals surface area contributed by atoms with E-state index in [1.165, 1.54) is 11.3 Å². The van der Waals surface area contributed by atoms with Gasteiger partial charge in [-0.15, -0.1) is 11.3 Å². The van der Waals surface area contributed by atoms with Gasteiger partial charge < -0.3 is 4.98 Å². The molecular weight excluding hydrogens is 332 g/mol. The SMILES string of the molecule is Cc1cc2[nH]c3cc(C(C)C)n(-c4ccccc4)c(=O)c3c(=O)c2s1. The monoisotopic (exact) mass is 350 g/mol. The van der Waals surface area contributed by atoms with Gasteiger partial charge in [-0.25, -0.2) is 0 Å². The van der Waals surface area contributed by atoms with E-state index in [0.717, 1.165) is 21.8 Å². The zero-order chi connectivity index (χ0) is 17.7. The largest absolute Gasteiger partial charge is 0.353 e. The van der Waals surface area contributed by atoms with Crippen molar-refractivity contribution in [3.8, 4) is 5.69 Å². The molecule has 0 fully saturated rings. The first-order valence-electron chi connectivity index (χ1n) is 8.25. The van der Waals surface area contributed by atoms with E-state index in [9.17, 15) is 9.59 Å². The van der Waals surface area contributed by atoms with E-state index in [-0.39, 0.29) is 22.3 Å². The summed E-state index contributed by atoms with van der Waals surface area (Å²) >= 11 is 1.42. The maximum absolute atomic E-state index is 13.3. The number of aryl methyl sites for hydroxylation is 1. The van der Waals surface area contributed by atoms with Crippen molar-refractivity contribution in [2.24, 2.45) is 0 Å². The fourth-order valence-corrected chi connectivity index (χ4v) is 4.16. The molecule has 0 saturated carbocycles. The summed E-state index contributed by atoms with van der Waals surface area (Å²) in [5, 5.41) is 0.225. The first kappa shape index (κ1) is 15.8. The van der Waals surface area contributed by atoms with Gasteiger partial charge in [-0.1, -0.05) is 32.0 Å². The van der Waals surface area contributed by atoms with E-state index in [4.69, 9.17) is 0 Å². The lowest BCUT2D eigenvalue weighted by atomic mass is 10.1. The van der Waals surface area contributed by atoms with Crippen molar-refractivity contribution >= 4 is 32.5 Å².